The first-order valence-electron chi connectivity index (χ1n) is 8.80. The van der Waals surface area contributed by atoms with E-state index in [1.54, 1.807) is 36.4 Å². The van der Waals surface area contributed by atoms with Crippen molar-refractivity contribution in [3.05, 3.63) is 64.7 Å². The monoisotopic (exact) mass is 371 g/mol. The van der Waals surface area contributed by atoms with Gasteiger partial charge in [-0.25, -0.2) is 4.79 Å². The Labute approximate surface area is 158 Å². The van der Waals surface area contributed by atoms with Crippen LogP contribution in [0, 0.1) is 0 Å². The number of benzene rings is 2. The highest BCUT2D eigenvalue weighted by atomic mass is 35.5. The van der Waals surface area contributed by atoms with E-state index in [4.69, 9.17) is 11.6 Å². The van der Waals surface area contributed by atoms with E-state index in [2.05, 4.69) is 16.0 Å². The summed E-state index contributed by atoms with van der Waals surface area (Å²) in [5.41, 5.74) is 2.20. The molecule has 2 aromatic rings. The van der Waals surface area contributed by atoms with Gasteiger partial charge >= 0.3 is 6.03 Å². The van der Waals surface area contributed by atoms with Crippen molar-refractivity contribution < 1.29 is 9.59 Å². The Morgan fingerprint density at radius 2 is 1.62 bits per heavy atom. The third kappa shape index (κ3) is 5.23. The zero-order chi connectivity index (χ0) is 18.4. The van der Waals surface area contributed by atoms with Crippen molar-refractivity contribution in [3.63, 3.8) is 0 Å². The molecule has 0 radical (unpaired) electrons. The van der Waals surface area contributed by atoms with E-state index in [-0.39, 0.29) is 11.9 Å². The standard InChI is InChI=1S/C20H22ClN3O2/c21-16-9-5-14(6-10-16)13-22-20(26)24-18-11-7-15(8-12-18)19(25)23-17-3-1-2-4-17/h5-12,17H,1-4,13H2,(H,23,25)(H2,22,24,26). The maximum Gasteiger partial charge on any atom is 0.319 e. The summed E-state index contributed by atoms with van der Waals surface area (Å²) in [6.07, 6.45) is 4.47. The predicted octanol–water partition coefficient (Wildman–Crippen LogP) is 4.33. The SMILES string of the molecule is O=C(NCc1ccc(Cl)cc1)Nc1ccc(C(=O)NC2CCCC2)cc1. The van der Waals surface area contributed by atoms with Gasteiger partial charge in [-0.05, 0) is 54.8 Å². The lowest BCUT2D eigenvalue weighted by Crippen LogP contribution is -2.32. The molecular weight excluding hydrogens is 350 g/mol. The van der Waals surface area contributed by atoms with Crippen LogP contribution in [0.3, 0.4) is 0 Å². The van der Waals surface area contributed by atoms with E-state index in [9.17, 15) is 9.59 Å². The minimum absolute atomic E-state index is 0.0596. The van der Waals surface area contributed by atoms with Gasteiger partial charge in [0.2, 0.25) is 0 Å². The highest BCUT2D eigenvalue weighted by Crippen LogP contribution is 2.18. The molecule has 0 unspecified atom stereocenters. The Hall–Kier alpha value is -2.53. The van der Waals surface area contributed by atoms with Gasteiger partial charge in [0, 0.05) is 28.9 Å². The zero-order valence-corrected chi connectivity index (χ0v) is 15.2. The van der Waals surface area contributed by atoms with Gasteiger partial charge in [-0.3, -0.25) is 4.79 Å². The number of carbonyl (C=O) groups excluding carboxylic acids is 2. The van der Waals surface area contributed by atoms with Crippen LogP contribution >= 0.6 is 11.6 Å². The molecule has 26 heavy (non-hydrogen) atoms. The van der Waals surface area contributed by atoms with Crippen LogP contribution in [0.25, 0.3) is 0 Å². The van der Waals surface area contributed by atoms with Gasteiger partial charge in [0.05, 0.1) is 0 Å². The van der Waals surface area contributed by atoms with Crippen LogP contribution in [0.5, 0.6) is 0 Å². The van der Waals surface area contributed by atoms with E-state index in [1.807, 2.05) is 12.1 Å². The zero-order valence-electron chi connectivity index (χ0n) is 14.4. The Bertz CT molecular complexity index is 754. The molecule has 2 aromatic carbocycles. The number of hydrogen-bond donors (Lipinski definition) is 3. The van der Waals surface area contributed by atoms with Crippen molar-refractivity contribution in [3.8, 4) is 0 Å². The molecule has 3 N–H and O–H groups in total. The molecule has 1 aliphatic rings. The van der Waals surface area contributed by atoms with Crippen LogP contribution in [0.2, 0.25) is 5.02 Å². The van der Waals surface area contributed by atoms with Crippen LogP contribution in [0.15, 0.2) is 48.5 Å². The van der Waals surface area contributed by atoms with E-state index in [0.29, 0.717) is 28.9 Å². The lowest BCUT2D eigenvalue weighted by atomic mass is 10.1. The second kappa shape index (κ2) is 8.72. The summed E-state index contributed by atoms with van der Waals surface area (Å²) in [5.74, 6) is -0.0596. The number of amides is 3. The van der Waals surface area contributed by atoms with Gasteiger partial charge in [0.1, 0.15) is 0 Å². The summed E-state index contributed by atoms with van der Waals surface area (Å²) in [6.45, 7) is 0.408. The number of hydrogen-bond acceptors (Lipinski definition) is 2. The number of rotatable bonds is 5. The number of nitrogens with one attached hydrogen (secondary N) is 3. The summed E-state index contributed by atoms with van der Waals surface area (Å²) in [4.78, 5) is 24.2. The topological polar surface area (TPSA) is 70.2 Å². The number of anilines is 1. The number of carbonyl (C=O) groups is 2. The van der Waals surface area contributed by atoms with Gasteiger partial charge < -0.3 is 16.0 Å². The van der Waals surface area contributed by atoms with E-state index < -0.39 is 0 Å². The van der Waals surface area contributed by atoms with Gasteiger partial charge in [-0.1, -0.05) is 36.6 Å². The van der Waals surface area contributed by atoms with E-state index in [0.717, 1.165) is 18.4 Å². The van der Waals surface area contributed by atoms with Gasteiger partial charge in [0.25, 0.3) is 5.91 Å². The third-order valence-corrected chi connectivity index (χ3v) is 4.71. The van der Waals surface area contributed by atoms with Crippen LogP contribution in [-0.2, 0) is 6.54 Å². The molecular formula is C20H22ClN3O2. The molecule has 6 heteroatoms. The van der Waals surface area contributed by atoms with Crippen LogP contribution in [0.1, 0.15) is 41.6 Å². The lowest BCUT2D eigenvalue weighted by Gasteiger charge is -2.12. The maximum absolute atomic E-state index is 12.2. The Kier molecular flexibility index (Phi) is 6.12. The summed E-state index contributed by atoms with van der Waals surface area (Å²) in [5, 5.41) is 9.25. The van der Waals surface area contributed by atoms with Crippen molar-refractivity contribution in [1.29, 1.82) is 0 Å². The molecule has 3 amide bonds. The maximum atomic E-state index is 12.2. The van der Waals surface area contributed by atoms with Crippen LogP contribution < -0.4 is 16.0 Å². The molecule has 5 nitrogen and oxygen atoms in total. The minimum Gasteiger partial charge on any atom is -0.349 e. The Morgan fingerprint density at radius 3 is 2.27 bits per heavy atom. The minimum atomic E-state index is -0.303. The first-order valence-corrected chi connectivity index (χ1v) is 9.18. The van der Waals surface area contributed by atoms with Gasteiger partial charge in [-0.2, -0.15) is 0 Å². The number of urea groups is 1. The highest BCUT2D eigenvalue weighted by molar-refractivity contribution is 6.30. The lowest BCUT2D eigenvalue weighted by molar-refractivity contribution is 0.0938. The molecule has 3 rings (SSSR count). The van der Waals surface area contributed by atoms with Crippen LogP contribution in [0.4, 0.5) is 10.5 Å². The highest BCUT2D eigenvalue weighted by Gasteiger charge is 2.17. The molecule has 0 spiro atoms. The molecule has 0 aromatic heterocycles. The summed E-state index contributed by atoms with van der Waals surface area (Å²) < 4.78 is 0. The normalized spacial score (nSPS) is 14.0. The van der Waals surface area contributed by atoms with Crippen molar-refractivity contribution in [2.75, 3.05) is 5.32 Å². The average molecular weight is 372 g/mol. The molecule has 0 heterocycles. The first kappa shape index (κ1) is 18.3. The molecule has 0 saturated heterocycles. The van der Waals surface area contributed by atoms with E-state index >= 15 is 0 Å². The van der Waals surface area contributed by atoms with Crippen molar-refractivity contribution in [2.45, 2.75) is 38.3 Å². The van der Waals surface area contributed by atoms with Crippen molar-refractivity contribution in [1.82, 2.24) is 10.6 Å². The average Bonchev–Trinajstić information content (AvgIpc) is 3.15. The summed E-state index contributed by atoms with van der Waals surface area (Å²) in [6, 6.07) is 14.2. The summed E-state index contributed by atoms with van der Waals surface area (Å²) >= 11 is 5.84. The largest absolute Gasteiger partial charge is 0.349 e. The third-order valence-electron chi connectivity index (χ3n) is 4.46. The smallest absolute Gasteiger partial charge is 0.319 e. The van der Waals surface area contributed by atoms with Gasteiger partial charge in [0.15, 0.2) is 0 Å². The van der Waals surface area contributed by atoms with Crippen LogP contribution in [-0.4, -0.2) is 18.0 Å². The Balaban J connectivity index is 1.47. The van der Waals surface area contributed by atoms with Crippen molar-refractivity contribution in [2.24, 2.45) is 0 Å². The van der Waals surface area contributed by atoms with Gasteiger partial charge in [-0.15, -0.1) is 0 Å². The fourth-order valence-corrected chi connectivity index (χ4v) is 3.13. The fourth-order valence-electron chi connectivity index (χ4n) is 3.00. The molecule has 0 bridgehead atoms. The second-order valence-electron chi connectivity index (χ2n) is 6.47. The van der Waals surface area contributed by atoms with E-state index in [1.165, 1.54) is 12.8 Å². The quantitative estimate of drug-likeness (QED) is 0.731. The van der Waals surface area contributed by atoms with Crippen molar-refractivity contribution >= 4 is 29.2 Å². The number of halogens is 1. The summed E-state index contributed by atoms with van der Waals surface area (Å²) in [7, 11) is 0. The predicted molar refractivity (Wildman–Crippen MR) is 103 cm³/mol. The fraction of sp³-hybridized carbons (Fsp3) is 0.300. The molecule has 0 aliphatic heterocycles. The second-order valence-corrected chi connectivity index (χ2v) is 6.90. The molecule has 1 aliphatic carbocycles. The molecule has 0 atom stereocenters. The molecule has 1 saturated carbocycles. The molecule has 136 valence electrons. The molecule has 1 fully saturated rings. The Morgan fingerprint density at radius 1 is 0.962 bits per heavy atom. The first-order chi connectivity index (χ1) is 12.6.